The molecule has 2 rings (SSSR count). The Labute approximate surface area is 127 Å². The average Bonchev–Trinajstić information content (AvgIpc) is 2.85. The van der Waals surface area contributed by atoms with Crippen molar-refractivity contribution in [1.29, 1.82) is 0 Å². The molecule has 0 radical (unpaired) electrons. The molecule has 0 saturated heterocycles. The summed E-state index contributed by atoms with van der Waals surface area (Å²) in [5, 5.41) is 6.69. The molecule has 2 N–H and O–H groups in total. The average molecular weight is 292 g/mol. The molecule has 118 valence electrons. The van der Waals surface area contributed by atoms with Crippen molar-refractivity contribution in [3.63, 3.8) is 0 Å². The molecule has 1 aliphatic rings. The van der Waals surface area contributed by atoms with Gasteiger partial charge < -0.3 is 15.4 Å². The van der Waals surface area contributed by atoms with Crippen LogP contribution in [0.1, 0.15) is 45.9 Å². The molecule has 0 amide bonds. The molecule has 1 fully saturated rings. The summed E-state index contributed by atoms with van der Waals surface area (Å²) >= 11 is 0. The topological polar surface area (TPSA) is 59.1 Å². The lowest BCUT2D eigenvalue weighted by Gasteiger charge is -2.22. The molecule has 21 heavy (non-hydrogen) atoms. The maximum absolute atomic E-state index is 5.42. The van der Waals surface area contributed by atoms with Crippen molar-refractivity contribution in [3.8, 4) is 0 Å². The molecule has 3 atom stereocenters. The van der Waals surface area contributed by atoms with Gasteiger partial charge in [0, 0.05) is 25.8 Å². The molecule has 5 heteroatoms. The molecule has 0 bridgehead atoms. The van der Waals surface area contributed by atoms with Crippen LogP contribution in [0.4, 0.5) is 11.6 Å². The first kappa shape index (κ1) is 16.0. The van der Waals surface area contributed by atoms with E-state index in [0.29, 0.717) is 25.2 Å². The summed E-state index contributed by atoms with van der Waals surface area (Å²) < 4.78 is 5.42. The highest BCUT2D eigenvalue weighted by atomic mass is 16.5. The van der Waals surface area contributed by atoms with Gasteiger partial charge in [0.2, 0.25) is 0 Å². The second-order valence-electron chi connectivity index (χ2n) is 5.80. The number of ether oxygens (including phenoxy) is 1. The molecule has 3 unspecified atom stereocenters. The van der Waals surface area contributed by atoms with E-state index in [1.807, 2.05) is 20.0 Å². The maximum atomic E-state index is 5.42. The van der Waals surface area contributed by atoms with E-state index < -0.39 is 0 Å². The zero-order valence-corrected chi connectivity index (χ0v) is 13.6. The Bertz CT molecular complexity index is 452. The van der Waals surface area contributed by atoms with Gasteiger partial charge in [-0.2, -0.15) is 0 Å². The van der Waals surface area contributed by atoms with Gasteiger partial charge in [0.1, 0.15) is 18.2 Å². The quantitative estimate of drug-likeness (QED) is 0.807. The van der Waals surface area contributed by atoms with Gasteiger partial charge in [0.25, 0.3) is 0 Å². The van der Waals surface area contributed by atoms with Gasteiger partial charge in [-0.05, 0) is 31.6 Å². The summed E-state index contributed by atoms with van der Waals surface area (Å²) in [5.74, 6) is 3.98. The number of nitrogens with one attached hydrogen (secondary N) is 2. The van der Waals surface area contributed by atoms with E-state index in [0.717, 1.165) is 23.4 Å². The lowest BCUT2D eigenvalue weighted by Crippen LogP contribution is -2.25. The van der Waals surface area contributed by atoms with Crippen molar-refractivity contribution in [1.82, 2.24) is 9.97 Å². The van der Waals surface area contributed by atoms with E-state index >= 15 is 0 Å². The van der Waals surface area contributed by atoms with Crippen LogP contribution in [0.15, 0.2) is 6.07 Å². The lowest BCUT2D eigenvalue weighted by atomic mass is 9.93. The predicted molar refractivity (Wildman–Crippen MR) is 86.5 cm³/mol. The molecule has 1 saturated carbocycles. The van der Waals surface area contributed by atoms with Gasteiger partial charge in [0.05, 0.1) is 0 Å². The first-order valence-corrected chi connectivity index (χ1v) is 8.07. The van der Waals surface area contributed by atoms with Crippen molar-refractivity contribution < 1.29 is 4.74 Å². The summed E-state index contributed by atoms with van der Waals surface area (Å²) in [6, 6.07) is 2.48. The second-order valence-corrected chi connectivity index (χ2v) is 5.80. The minimum Gasteiger partial charge on any atom is -0.374 e. The third-order valence-corrected chi connectivity index (χ3v) is 4.55. The molecular weight excluding hydrogens is 264 g/mol. The fraction of sp³-hybridized carbons (Fsp3) is 0.750. The van der Waals surface area contributed by atoms with Gasteiger partial charge in [0.15, 0.2) is 5.82 Å². The molecule has 0 aromatic carbocycles. The summed E-state index contributed by atoms with van der Waals surface area (Å²) in [6.45, 7) is 7.74. The predicted octanol–water partition coefficient (Wildman–Crippen LogP) is 3.29. The molecule has 0 spiro atoms. The Balaban J connectivity index is 2.08. The smallest absolute Gasteiger partial charge is 0.158 e. The van der Waals surface area contributed by atoms with E-state index in [9.17, 15) is 0 Å². The van der Waals surface area contributed by atoms with Crippen LogP contribution in [0.25, 0.3) is 0 Å². The fourth-order valence-electron chi connectivity index (χ4n) is 3.17. The van der Waals surface area contributed by atoms with Crippen LogP contribution in [-0.4, -0.2) is 29.7 Å². The van der Waals surface area contributed by atoms with E-state index in [2.05, 4.69) is 34.4 Å². The zero-order valence-electron chi connectivity index (χ0n) is 13.6. The van der Waals surface area contributed by atoms with Crippen LogP contribution in [0, 0.1) is 11.8 Å². The Morgan fingerprint density at radius 3 is 2.62 bits per heavy atom. The largest absolute Gasteiger partial charge is 0.374 e. The number of hydrogen-bond donors (Lipinski definition) is 2. The van der Waals surface area contributed by atoms with Crippen molar-refractivity contribution >= 4 is 11.6 Å². The minimum absolute atomic E-state index is 0.457. The Morgan fingerprint density at radius 1 is 1.24 bits per heavy atom. The van der Waals surface area contributed by atoms with Crippen LogP contribution < -0.4 is 10.6 Å². The van der Waals surface area contributed by atoms with Crippen LogP contribution in [0.5, 0.6) is 0 Å². The second kappa shape index (κ2) is 7.59. The standard InChI is InChI=1S/C16H28N4O/c1-5-12-7-8-13(11(12)3)18-15-9-14(17-4)19-16(20-15)10-21-6-2/h9,11-13H,5-8,10H2,1-4H3,(H2,17,18,19,20). The molecule has 5 nitrogen and oxygen atoms in total. The van der Waals surface area contributed by atoms with Gasteiger partial charge in [-0.3, -0.25) is 0 Å². The van der Waals surface area contributed by atoms with Crippen LogP contribution in [-0.2, 0) is 11.3 Å². The van der Waals surface area contributed by atoms with E-state index in [4.69, 9.17) is 4.74 Å². The number of aromatic nitrogens is 2. The van der Waals surface area contributed by atoms with Gasteiger partial charge in [-0.15, -0.1) is 0 Å². The highest BCUT2D eigenvalue weighted by molar-refractivity contribution is 5.48. The van der Waals surface area contributed by atoms with E-state index in [1.54, 1.807) is 0 Å². The van der Waals surface area contributed by atoms with Crippen molar-refractivity contribution in [2.24, 2.45) is 11.8 Å². The molecule has 1 aliphatic carbocycles. The number of nitrogens with zero attached hydrogens (tertiary/aromatic N) is 2. The van der Waals surface area contributed by atoms with Gasteiger partial charge in [-0.1, -0.05) is 20.3 Å². The summed E-state index contributed by atoms with van der Waals surface area (Å²) in [6.07, 6.45) is 3.80. The number of rotatable bonds is 7. The maximum Gasteiger partial charge on any atom is 0.158 e. The normalized spacial score (nSPS) is 25.0. The van der Waals surface area contributed by atoms with E-state index in [1.165, 1.54) is 19.3 Å². The Morgan fingerprint density at radius 2 is 2.00 bits per heavy atom. The van der Waals surface area contributed by atoms with Crippen molar-refractivity contribution in [2.45, 2.75) is 52.7 Å². The monoisotopic (exact) mass is 292 g/mol. The van der Waals surface area contributed by atoms with Crippen molar-refractivity contribution in [2.75, 3.05) is 24.3 Å². The minimum atomic E-state index is 0.457. The summed E-state index contributed by atoms with van der Waals surface area (Å²) in [4.78, 5) is 9.01. The highest BCUT2D eigenvalue weighted by Crippen LogP contribution is 2.35. The third kappa shape index (κ3) is 4.06. The zero-order chi connectivity index (χ0) is 15.2. The molecule has 1 aromatic heterocycles. The first-order chi connectivity index (χ1) is 10.2. The first-order valence-electron chi connectivity index (χ1n) is 8.07. The van der Waals surface area contributed by atoms with E-state index in [-0.39, 0.29) is 0 Å². The van der Waals surface area contributed by atoms with Crippen LogP contribution >= 0.6 is 0 Å². The fourth-order valence-corrected chi connectivity index (χ4v) is 3.17. The van der Waals surface area contributed by atoms with Crippen LogP contribution in [0.3, 0.4) is 0 Å². The number of hydrogen-bond acceptors (Lipinski definition) is 5. The van der Waals surface area contributed by atoms with Gasteiger partial charge in [-0.25, -0.2) is 9.97 Å². The Hall–Kier alpha value is -1.36. The SMILES string of the molecule is CCOCc1nc(NC)cc(NC2CCC(CC)C2C)n1. The van der Waals surface area contributed by atoms with Gasteiger partial charge >= 0.3 is 0 Å². The molecule has 1 aromatic rings. The highest BCUT2D eigenvalue weighted by Gasteiger charge is 2.31. The number of anilines is 2. The lowest BCUT2D eigenvalue weighted by molar-refractivity contribution is 0.128. The molecular formula is C16H28N4O. The third-order valence-electron chi connectivity index (χ3n) is 4.55. The van der Waals surface area contributed by atoms with Crippen LogP contribution in [0.2, 0.25) is 0 Å². The molecule has 1 heterocycles. The summed E-state index contributed by atoms with van der Waals surface area (Å²) in [7, 11) is 1.88. The Kier molecular flexibility index (Phi) is 5.79. The molecule has 0 aliphatic heterocycles. The van der Waals surface area contributed by atoms with Crippen molar-refractivity contribution in [3.05, 3.63) is 11.9 Å². The summed E-state index contributed by atoms with van der Waals surface area (Å²) in [5.41, 5.74) is 0.